The molecule has 0 aliphatic heterocycles. The predicted molar refractivity (Wildman–Crippen MR) is 78.6 cm³/mol. The van der Waals surface area contributed by atoms with Crippen LogP contribution in [0.3, 0.4) is 0 Å². The highest BCUT2D eigenvalue weighted by atomic mass is 35.5. The lowest BCUT2D eigenvalue weighted by Gasteiger charge is -2.08. The normalized spacial score (nSPS) is 10.2. The number of benzene rings is 2. The van der Waals surface area contributed by atoms with Crippen LogP contribution in [0.1, 0.15) is 0 Å². The largest absolute Gasteiger partial charge is 0.477 e. The SMILES string of the molecule is O=C(COc1ccc(Cl)cc1[N+](=O)[O-])Nc1cc(F)ccc1F. The lowest BCUT2D eigenvalue weighted by atomic mass is 10.3. The van der Waals surface area contributed by atoms with Crippen molar-refractivity contribution in [3.63, 3.8) is 0 Å². The first-order valence-electron chi connectivity index (χ1n) is 6.18. The highest BCUT2D eigenvalue weighted by Gasteiger charge is 2.17. The number of rotatable bonds is 5. The fourth-order valence-electron chi connectivity index (χ4n) is 1.68. The smallest absolute Gasteiger partial charge is 0.312 e. The van der Waals surface area contributed by atoms with Crippen LogP contribution >= 0.6 is 11.6 Å². The van der Waals surface area contributed by atoms with Gasteiger partial charge >= 0.3 is 5.69 Å². The molecule has 0 aliphatic rings. The first-order chi connectivity index (χ1) is 10.9. The first kappa shape index (κ1) is 16.6. The molecule has 2 aromatic rings. The Hall–Kier alpha value is -2.74. The number of halogens is 3. The van der Waals surface area contributed by atoms with E-state index in [1.807, 2.05) is 0 Å². The summed E-state index contributed by atoms with van der Waals surface area (Å²) >= 11 is 5.65. The molecule has 0 spiro atoms. The van der Waals surface area contributed by atoms with E-state index in [-0.39, 0.29) is 16.5 Å². The number of nitro benzene ring substituents is 1. The van der Waals surface area contributed by atoms with Gasteiger partial charge in [-0.25, -0.2) is 8.78 Å². The number of carbonyl (C=O) groups excluding carboxylic acids is 1. The van der Waals surface area contributed by atoms with Gasteiger partial charge in [0.05, 0.1) is 10.6 Å². The second kappa shape index (κ2) is 7.01. The van der Waals surface area contributed by atoms with E-state index in [9.17, 15) is 23.7 Å². The minimum Gasteiger partial charge on any atom is -0.477 e. The molecule has 23 heavy (non-hydrogen) atoms. The molecular weight excluding hydrogens is 334 g/mol. The highest BCUT2D eigenvalue weighted by molar-refractivity contribution is 6.30. The van der Waals surface area contributed by atoms with Gasteiger partial charge in [0.15, 0.2) is 12.4 Å². The molecular formula is C14H9ClF2N2O4. The van der Waals surface area contributed by atoms with Crippen LogP contribution in [0.2, 0.25) is 5.02 Å². The summed E-state index contributed by atoms with van der Waals surface area (Å²) in [5.74, 6) is -2.53. The van der Waals surface area contributed by atoms with Gasteiger partial charge < -0.3 is 10.1 Å². The Kier molecular flexibility index (Phi) is 5.07. The van der Waals surface area contributed by atoms with Crippen LogP contribution in [-0.4, -0.2) is 17.4 Å². The standard InChI is InChI=1S/C14H9ClF2N2O4/c15-8-1-4-13(12(5-8)19(21)22)23-7-14(20)18-11-6-9(16)2-3-10(11)17/h1-6H,7H2,(H,18,20). The number of ether oxygens (including phenoxy) is 1. The lowest BCUT2D eigenvalue weighted by molar-refractivity contribution is -0.385. The number of carbonyl (C=O) groups is 1. The molecule has 0 heterocycles. The van der Waals surface area contributed by atoms with Crippen molar-refractivity contribution in [2.45, 2.75) is 0 Å². The summed E-state index contributed by atoms with van der Waals surface area (Å²) in [5.41, 5.74) is -0.772. The van der Waals surface area contributed by atoms with E-state index in [1.165, 1.54) is 12.1 Å². The van der Waals surface area contributed by atoms with E-state index in [0.717, 1.165) is 24.3 Å². The number of anilines is 1. The van der Waals surface area contributed by atoms with Crippen molar-refractivity contribution in [1.82, 2.24) is 0 Å². The van der Waals surface area contributed by atoms with Crippen molar-refractivity contribution >= 4 is 28.9 Å². The van der Waals surface area contributed by atoms with Crippen LogP contribution in [0, 0.1) is 21.7 Å². The van der Waals surface area contributed by atoms with Gasteiger partial charge in [0.2, 0.25) is 0 Å². The second-order valence-electron chi connectivity index (χ2n) is 4.33. The fraction of sp³-hybridized carbons (Fsp3) is 0.0714. The van der Waals surface area contributed by atoms with Crippen LogP contribution in [-0.2, 0) is 4.79 Å². The molecule has 0 radical (unpaired) electrons. The molecule has 0 unspecified atom stereocenters. The third-order valence-corrected chi connectivity index (χ3v) is 2.91. The summed E-state index contributed by atoms with van der Waals surface area (Å²) in [5, 5.41) is 13.1. The van der Waals surface area contributed by atoms with Gasteiger partial charge in [0.1, 0.15) is 11.6 Å². The van der Waals surface area contributed by atoms with Gasteiger partial charge in [-0.1, -0.05) is 11.6 Å². The average molecular weight is 343 g/mol. The number of nitro groups is 1. The first-order valence-corrected chi connectivity index (χ1v) is 6.56. The van der Waals surface area contributed by atoms with Crippen LogP contribution in [0.15, 0.2) is 36.4 Å². The van der Waals surface area contributed by atoms with Gasteiger partial charge in [0, 0.05) is 17.2 Å². The number of nitrogens with zero attached hydrogens (tertiary/aromatic N) is 1. The molecule has 0 fully saturated rings. The molecule has 0 atom stereocenters. The molecule has 1 amide bonds. The van der Waals surface area contributed by atoms with Crippen LogP contribution < -0.4 is 10.1 Å². The molecule has 0 bridgehead atoms. The van der Waals surface area contributed by atoms with Crippen molar-refractivity contribution in [1.29, 1.82) is 0 Å². The molecule has 0 aromatic heterocycles. The maximum absolute atomic E-state index is 13.4. The second-order valence-corrected chi connectivity index (χ2v) is 4.77. The average Bonchev–Trinajstić information content (AvgIpc) is 2.49. The molecule has 6 nitrogen and oxygen atoms in total. The monoisotopic (exact) mass is 342 g/mol. The maximum atomic E-state index is 13.4. The molecule has 2 rings (SSSR count). The minimum atomic E-state index is -0.822. The van der Waals surface area contributed by atoms with Crippen molar-refractivity contribution in [3.8, 4) is 5.75 Å². The summed E-state index contributed by atoms with van der Waals surface area (Å²) in [6, 6.07) is 6.22. The van der Waals surface area contributed by atoms with E-state index >= 15 is 0 Å². The maximum Gasteiger partial charge on any atom is 0.312 e. The summed E-state index contributed by atoms with van der Waals surface area (Å²) in [4.78, 5) is 21.8. The van der Waals surface area contributed by atoms with E-state index < -0.39 is 34.8 Å². The lowest BCUT2D eigenvalue weighted by Crippen LogP contribution is -2.21. The van der Waals surface area contributed by atoms with Gasteiger partial charge in [-0.2, -0.15) is 0 Å². The minimum absolute atomic E-state index is 0.135. The Labute approximate surface area is 133 Å². The molecule has 0 saturated heterocycles. The zero-order chi connectivity index (χ0) is 17.0. The Bertz CT molecular complexity index is 770. The Balaban J connectivity index is 2.05. The number of hydrogen-bond donors (Lipinski definition) is 1. The van der Waals surface area contributed by atoms with Crippen molar-refractivity contribution in [2.24, 2.45) is 0 Å². The van der Waals surface area contributed by atoms with E-state index in [4.69, 9.17) is 16.3 Å². The van der Waals surface area contributed by atoms with Gasteiger partial charge in [-0.05, 0) is 24.3 Å². The fourth-order valence-corrected chi connectivity index (χ4v) is 1.84. The molecule has 0 saturated carbocycles. The quantitative estimate of drug-likeness (QED) is 0.665. The summed E-state index contributed by atoms with van der Waals surface area (Å²) < 4.78 is 31.4. The molecule has 9 heteroatoms. The topological polar surface area (TPSA) is 81.5 Å². The molecule has 2 aromatic carbocycles. The van der Waals surface area contributed by atoms with Crippen molar-refractivity contribution < 1.29 is 23.2 Å². The summed E-state index contributed by atoms with van der Waals surface area (Å²) in [6.45, 7) is -0.627. The van der Waals surface area contributed by atoms with Gasteiger partial charge in [-0.3, -0.25) is 14.9 Å². The van der Waals surface area contributed by atoms with E-state index in [1.54, 1.807) is 0 Å². The van der Waals surface area contributed by atoms with Crippen LogP contribution in [0.5, 0.6) is 5.75 Å². The van der Waals surface area contributed by atoms with E-state index in [2.05, 4.69) is 5.32 Å². The highest BCUT2D eigenvalue weighted by Crippen LogP contribution is 2.29. The number of nitrogens with one attached hydrogen (secondary N) is 1. The van der Waals surface area contributed by atoms with Crippen molar-refractivity contribution in [3.05, 3.63) is 63.2 Å². The Morgan fingerprint density at radius 3 is 2.70 bits per heavy atom. The molecule has 0 aliphatic carbocycles. The van der Waals surface area contributed by atoms with Crippen LogP contribution in [0.4, 0.5) is 20.2 Å². The van der Waals surface area contributed by atoms with E-state index in [0.29, 0.717) is 0 Å². The van der Waals surface area contributed by atoms with Gasteiger partial charge in [0.25, 0.3) is 5.91 Å². The zero-order valence-corrected chi connectivity index (χ0v) is 12.1. The third kappa shape index (κ3) is 4.36. The summed E-state index contributed by atoms with van der Waals surface area (Å²) in [6.07, 6.45) is 0. The zero-order valence-electron chi connectivity index (χ0n) is 11.4. The van der Waals surface area contributed by atoms with Gasteiger partial charge in [-0.15, -0.1) is 0 Å². The Morgan fingerprint density at radius 1 is 1.26 bits per heavy atom. The number of hydrogen-bond acceptors (Lipinski definition) is 4. The number of amides is 1. The van der Waals surface area contributed by atoms with Crippen LogP contribution in [0.25, 0.3) is 0 Å². The summed E-state index contributed by atoms with van der Waals surface area (Å²) in [7, 11) is 0. The Morgan fingerprint density at radius 2 is 2.00 bits per heavy atom. The van der Waals surface area contributed by atoms with Crippen molar-refractivity contribution in [2.75, 3.05) is 11.9 Å². The third-order valence-electron chi connectivity index (χ3n) is 2.68. The predicted octanol–water partition coefficient (Wildman–Crippen LogP) is 3.54. The molecule has 120 valence electrons. The molecule has 1 N–H and O–H groups in total.